The van der Waals surface area contributed by atoms with Gasteiger partial charge in [0.1, 0.15) is 11.8 Å². The third-order valence-electron chi connectivity index (χ3n) is 3.29. The van der Waals surface area contributed by atoms with Crippen LogP contribution in [-0.2, 0) is 16.1 Å². The number of carbonyl (C=O) groups excluding carboxylic acids is 1. The second-order valence-corrected chi connectivity index (χ2v) is 4.66. The lowest BCUT2D eigenvalue weighted by Gasteiger charge is -2.29. The molecule has 1 atom stereocenters. The minimum absolute atomic E-state index is 0.0655. The molecule has 0 bridgehead atoms. The molecule has 1 aliphatic heterocycles. The van der Waals surface area contributed by atoms with Crippen LogP contribution in [0.25, 0.3) is 0 Å². The average molecular weight is 274 g/mol. The summed E-state index contributed by atoms with van der Waals surface area (Å²) in [6.45, 7) is 4.76. The minimum Gasteiger partial charge on any atom is -0.378 e. The predicted molar refractivity (Wildman–Crippen MR) is 72.7 cm³/mol. The van der Waals surface area contributed by atoms with Crippen molar-refractivity contribution in [2.24, 2.45) is 0 Å². The topological polar surface area (TPSA) is 78.2 Å². The monoisotopic (exact) mass is 274 g/mol. The summed E-state index contributed by atoms with van der Waals surface area (Å²) >= 11 is 0. The molecule has 1 unspecified atom stereocenters. The third kappa shape index (κ3) is 3.53. The predicted octanol–water partition coefficient (Wildman–Crippen LogP) is 0.290. The summed E-state index contributed by atoms with van der Waals surface area (Å²) in [5.74, 6) is 0.0655. The molecule has 1 saturated heterocycles. The van der Waals surface area contributed by atoms with Crippen LogP contribution in [0.2, 0.25) is 0 Å². The number of carbonyl (C=O) groups is 1. The van der Waals surface area contributed by atoms with Crippen molar-refractivity contribution in [1.29, 1.82) is 5.26 Å². The summed E-state index contributed by atoms with van der Waals surface area (Å²) in [4.78, 5) is 18.0. The zero-order valence-electron chi connectivity index (χ0n) is 11.5. The molecule has 1 N–H and O–H groups in total. The van der Waals surface area contributed by atoms with Gasteiger partial charge in [0.05, 0.1) is 19.3 Å². The number of hydrogen-bond acceptors (Lipinski definition) is 5. The Morgan fingerprint density at radius 3 is 3.05 bits per heavy atom. The van der Waals surface area contributed by atoms with Crippen molar-refractivity contribution < 1.29 is 9.53 Å². The van der Waals surface area contributed by atoms with E-state index in [0.717, 1.165) is 5.56 Å². The molecule has 0 saturated carbocycles. The van der Waals surface area contributed by atoms with Gasteiger partial charge in [0, 0.05) is 31.4 Å². The van der Waals surface area contributed by atoms with Gasteiger partial charge in [0.2, 0.25) is 5.91 Å². The summed E-state index contributed by atoms with van der Waals surface area (Å²) in [5, 5.41) is 12.1. The Hall–Kier alpha value is -1.97. The molecular weight excluding hydrogens is 256 g/mol. The van der Waals surface area contributed by atoms with Gasteiger partial charge >= 0.3 is 0 Å². The lowest BCUT2D eigenvalue weighted by Crippen LogP contribution is -2.49. The van der Waals surface area contributed by atoms with Crippen LogP contribution >= 0.6 is 0 Å². The Balaban J connectivity index is 1.89. The molecule has 2 heterocycles. The van der Waals surface area contributed by atoms with Gasteiger partial charge in [-0.1, -0.05) is 6.07 Å². The number of nitriles is 1. The number of rotatable bonds is 4. The Kier molecular flexibility index (Phi) is 5.04. The maximum atomic E-state index is 12.2. The van der Waals surface area contributed by atoms with E-state index in [4.69, 9.17) is 10.00 Å². The van der Waals surface area contributed by atoms with Crippen molar-refractivity contribution in [1.82, 2.24) is 15.2 Å². The van der Waals surface area contributed by atoms with Crippen molar-refractivity contribution in [3.05, 3.63) is 29.6 Å². The molecule has 0 spiro atoms. The molecule has 1 amide bonds. The largest absolute Gasteiger partial charge is 0.378 e. The summed E-state index contributed by atoms with van der Waals surface area (Å²) in [5.41, 5.74) is 1.20. The van der Waals surface area contributed by atoms with Crippen molar-refractivity contribution in [2.75, 3.05) is 26.3 Å². The molecule has 1 aliphatic rings. The lowest BCUT2D eigenvalue weighted by molar-refractivity contribution is -0.137. The molecule has 1 aromatic rings. The first-order chi connectivity index (χ1) is 9.72. The van der Waals surface area contributed by atoms with Gasteiger partial charge in [-0.15, -0.1) is 0 Å². The first-order valence-corrected chi connectivity index (χ1v) is 6.66. The number of nitrogens with zero attached hydrogens (tertiary/aromatic N) is 3. The fraction of sp³-hybridized carbons (Fsp3) is 0.500. The maximum Gasteiger partial charge on any atom is 0.239 e. The Bertz CT molecular complexity index is 506. The quantitative estimate of drug-likeness (QED) is 0.854. The third-order valence-corrected chi connectivity index (χ3v) is 3.29. The van der Waals surface area contributed by atoms with Gasteiger partial charge in [-0.25, -0.2) is 4.98 Å². The van der Waals surface area contributed by atoms with Crippen LogP contribution in [0.5, 0.6) is 0 Å². The summed E-state index contributed by atoms with van der Waals surface area (Å²) < 4.78 is 5.23. The van der Waals surface area contributed by atoms with Crippen molar-refractivity contribution in [3.63, 3.8) is 0 Å². The zero-order chi connectivity index (χ0) is 14.4. The molecule has 6 heteroatoms. The number of ether oxygens (including phenoxy) is 1. The SMILES string of the molecule is CC(NCc1cccnc1C#N)C(=O)N1CCOCC1. The van der Waals surface area contributed by atoms with Crippen LogP contribution in [0, 0.1) is 11.3 Å². The standard InChI is InChI=1S/C14H18N4O2/c1-11(14(19)18-5-7-20-8-6-18)17-10-12-3-2-4-16-13(12)9-15/h2-4,11,17H,5-8,10H2,1H3. The van der Waals surface area contributed by atoms with Crippen LogP contribution in [0.15, 0.2) is 18.3 Å². The van der Waals surface area contributed by atoms with Crippen LogP contribution in [-0.4, -0.2) is 48.1 Å². The van der Waals surface area contributed by atoms with Gasteiger partial charge in [0.25, 0.3) is 0 Å². The summed E-state index contributed by atoms with van der Waals surface area (Å²) in [6.07, 6.45) is 1.59. The van der Waals surface area contributed by atoms with E-state index in [2.05, 4.69) is 10.3 Å². The molecule has 0 radical (unpaired) electrons. The fourth-order valence-corrected chi connectivity index (χ4v) is 2.09. The van der Waals surface area contributed by atoms with Gasteiger partial charge in [-0.2, -0.15) is 5.26 Å². The highest BCUT2D eigenvalue weighted by molar-refractivity contribution is 5.81. The smallest absolute Gasteiger partial charge is 0.239 e. The molecule has 20 heavy (non-hydrogen) atoms. The molecule has 1 aromatic heterocycles. The molecule has 1 fully saturated rings. The summed E-state index contributed by atoms with van der Waals surface area (Å²) in [6, 6.07) is 5.38. The highest BCUT2D eigenvalue weighted by Crippen LogP contribution is 2.05. The number of morpholine rings is 1. The number of hydrogen-bond donors (Lipinski definition) is 1. The number of pyridine rings is 1. The molecule has 2 rings (SSSR count). The number of aromatic nitrogens is 1. The number of nitrogens with one attached hydrogen (secondary N) is 1. The molecular formula is C14H18N4O2. The van der Waals surface area contributed by atoms with Gasteiger partial charge in [-0.3, -0.25) is 4.79 Å². The molecule has 6 nitrogen and oxygen atoms in total. The highest BCUT2D eigenvalue weighted by atomic mass is 16.5. The van der Waals surface area contributed by atoms with E-state index >= 15 is 0 Å². The van der Waals surface area contributed by atoms with Crippen LogP contribution in [0.3, 0.4) is 0 Å². The van der Waals surface area contributed by atoms with E-state index in [1.54, 1.807) is 17.2 Å². The highest BCUT2D eigenvalue weighted by Gasteiger charge is 2.22. The van der Waals surface area contributed by atoms with E-state index in [9.17, 15) is 4.79 Å². The second-order valence-electron chi connectivity index (χ2n) is 4.66. The Morgan fingerprint density at radius 1 is 1.60 bits per heavy atom. The first-order valence-electron chi connectivity index (χ1n) is 6.66. The van der Waals surface area contributed by atoms with Crippen LogP contribution in [0.1, 0.15) is 18.2 Å². The lowest BCUT2D eigenvalue weighted by atomic mass is 10.2. The van der Waals surface area contributed by atoms with E-state index in [1.165, 1.54) is 0 Å². The van der Waals surface area contributed by atoms with E-state index in [0.29, 0.717) is 38.5 Å². The number of amides is 1. The van der Waals surface area contributed by atoms with E-state index < -0.39 is 0 Å². The average Bonchev–Trinajstić information content (AvgIpc) is 2.53. The second kappa shape index (κ2) is 6.98. The normalized spacial score (nSPS) is 16.5. The zero-order valence-corrected chi connectivity index (χ0v) is 11.5. The molecule has 106 valence electrons. The van der Waals surface area contributed by atoms with Gasteiger partial charge < -0.3 is 15.0 Å². The van der Waals surface area contributed by atoms with E-state index in [1.807, 2.05) is 19.1 Å². The van der Waals surface area contributed by atoms with Gasteiger partial charge in [-0.05, 0) is 13.0 Å². The summed E-state index contributed by atoms with van der Waals surface area (Å²) in [7, 11) is 0. The maximum absolute atomic E-state index is 12.2. The van der Waals surface area contributed by atoms with E-state index in [-0.39, 0.29) is 11.9 Å². The molecule has 0 aromatic carbocycles. The fourth-order valence-electron chi connectivity index (χ4n) is 2.09. The van der Waals surface area contributed by atoms with Gasteiger partial charge in [0.15, 0.2) is 0 Å². The Morgan fingerprint density at radius 2 is 2.35 bits per heavy atom. The van der Waals surface area contributed by atoms with Crippen molar-refractivity contribution in [3.8, 4) is 6.07 Å². The van der Waals surface area contributed by atoms with Crippen molar-refractivity contribution in [2.45, 2.75) is 19.5 Å². The van der Waals surface area contributed by atoms with Crippen LogP contribution < -0.4 is 5.32 Å². The van der Waals surface area contributed by atoms with Crippen LogP contribution in [0.4, 0.5) is 0 Å². The van der Waals surface area contributed by atoms with Crippen molar-refractivity contribution >= 4 is 5.91 Å². The minimum atomic E-state index is -0.292. The molecule has 0 aliphatic carbocycles. The first kappa shape index (κ1) is 14.4. The Labute approximate surface area is 118 Å².